The van der Waals surface area contributed by atoms with Gasteiger partial charge >= 0.3 is 0 Å². The molecular weight excluding hydrogens is 216 g/mol. The van der Waals surface area contributed by atoms with Gasteiger partial charge in [-0.25, -0.2) is 0 Å². The molecule has 2 fully saturated rings. The van der Waals surface area contributed by atoms with Crippen LogP contribution < -0.4 is 5.32 Å². The van der Waals surface area contributed by atoms with E-state index in [-0.39, 0.29) is 11.3 Å². The van der Waals surface area contributed by atoms with Gasteiger partial charge in [0, 0.05) is 26.7 Å². The zero-order chi connectivity index (χ0) is 12.3. The molecule has 17 heavy (non-hydrogen) atoms. The molecule has 0 aromatic carbocycles. The molecular formula is C13H24N2O2. The van der Waals surface area contributed by atoms with Crippen LogP contribution in [0.5, 0.6) is 0 Å². The monoisotopic (exact) mass is 240 g/mol. The number of carbonyl (C=O) groups is 1. The molecule has 4 nitrogen and oxygen atoms in total. The van der Waals surface area contributed by atoms with Gasteiger partial charge in [-0.05, 0) is 25.8 Å². The van der Waals surface area contributed by atoms with E-state index in [0.717, 1.165) is 19.5 Å². The summed E-state index contributed by atoms with van der Waals surface area (Å²) in [6, 6.07) is 0.455. The number of hydrogen-bond acceptors (Lipinski definition) is 3. The Morgan fingerprint density at radius 2 is 2.18 bits per heavy atom. The van der Waals surface area contributed by atoms with Crippen molar-refractivity contribution in [1.82, 2.24) is 10.2 Å². The van der Waals surface area contributed by atoms with Crippen LogP contribution in [0.2, 0.25) is 0 Å². The number of nitrogens with zero attached hydrogens (tertiary/aromatic N) is 1. The summed E-state index contributed by atoms with van der Waals surface area (Å²) >= 11 is 0. The lowest BCUT2D eigenvalue weighted by Gasteiger charge is -2.34. The van der Waals surface area contributed by atoms with Crippen LogP contribution in [0.3, 0.4) is 0 Å². The summed E-state index contributed by atoms with van der Waals surface area (Å²) in [5.41, 5.74) is -0.313. The molecule has 1 saturated heterocycles. The molecule has 1 unspecified atom stereocenters. The first-order valence-corrected chi connectivity index (χ1v) is 6.66. The summed E-state index contributed by atoms with van der Waals surface area (Å²) in [6.45, 7) is 2.22. The number of nitrogens with one attached hydrogen (secondary N) is 1. The summed E-state index contributed by atoms with van der Waals surface area (Å²) in [5.74, 6) is 0.274. The second-order valence-corrected chi connectivity index (χ2v) is 5.49. The van der Waals surface area contributed by atoms with Gasteiger partial charge in [0.15, 0.2) is 0 Å². The summed E-state index contributed by atoms with van der Waals surface area (Å²) in [5, 5.41) is 3.30. The maximum absolute atomic E-state index is 12.7. The topological polar surface area (TPSA) is 41.6 Å². The molecule has 1 saturated carbocycles. The standard InChI is InChI=1S/C13H24N2O2/c1-15(11-5-3-4-6-11)12(16)13(10-17-2)7-8-14-9-13/h11,14H,3-10H2,1-2H3. The molecule has 0 aromatic rings. The van der Waals surface area contributed by atoms with Crippen molar-refractivity contribution in [3.63, 3.8) is 0 Å². The van der Waals surface area contributed by atoms with Gasteiger partial charge in [0.2, 0.25) is 5.91 Å². The maximum Gasteiger partial charge on any atom is 0.232 e. The Kier molecular flexibility index (Phi) is 4.05. The largest absolute Gasteiger partial charge is 0.384 e. The van der Waals surface area contributed by atoms with Gasteiger partial charge in [0.25, 0.3) is 0 Å². The van der Waals surface area contributed by atoms with Crippen LogP contribution in [-0.2, 0) is 9.53 Å². The second-order valence-electron chi connectivity index (χ2n) is 5.49. The molecule has 1 aliphatic carbocycles. The van der Waals surface area contributed by atoms with Gasteiger partial charge in [0.1, 0.15) is 0 Å². The molecule has 1 heterocycles. The van der Waals surface area contributed by atoms with Crippen molar-refractivity contribution in [2.45, 2.75) is 38.1 Å². The molecule has 0 spiro atoms. The lowest BCUT2D eigenvalue weighted by Crippen LogP contribution is -2.49. The highest BCUT2D eigenvalue weighted by molar-refractivity contribution is 5.83. The molecule has 0 radical (unpaired) electrons. The smallest absolute Gasteiger partial charge is 0.232 e. The third kappa shape index (κ3) is 2.47. The maximum atomic E-state index is 12.7. The molecule has 4 heteroatoms. The normalized spacial score (nSPS) is 29.8. The molecule has 1 N–H and O–H groups in total. The van der Waals surface area contributed by atoms with Crippen LogP contribution in [0, 0.1) is 5.41 Å². The number of amides is 1. The first-order chi connectivity index (χ1) is 8.19. The Bertz CT molecular complexity index is 269. The average Bonchev–Trinajstić information content (AvgIpc) is 2.99. The van der Waals surface area contributed by atoms with E-state index in [0.29, 0.717) is 12.6 Å². The van der Waals surface area contributed by atoms with Gasteiger partial charge < -0.3 is 15.0 Å². The molecule has 0 bridgehead atoms. The fraction of sp³-hybridized carbons (Fsp3) is 0.923. The summed E-state index contributed by atoms with van der Waals surface area (Å²) in [4.78, 5) is 14.6. The first-order valence-electron chi connectivity index (χ1n) is 6.66. The molecule has 2 rings (SSSR count). The number of hydrogen-bond donors (Lipinski definition) is 1. The van der Waals surface area contributed by atoms with E-state index in [1.807, 2.05) is 11.9 Å². The molecule has 98 valence electrons. The van der Waals surface area contributed by atoms with Crippen LogP contribution in [0.4, 0.5) is 0 Å². The molecule has 1 amide bonds. The van der Waals surface area contributed by atoms with E-state index >= 15 is 0 Å². The third-order valence-corrected chi connectivity index (χ3v) is 4.31. The van der Waals surface area contributed by atoms with E-state index in [1.165, 1.54) is 25.7 Å². The predicted molar refractivity (Wildman–Crippen MR) is 66.8 cm³/mol. The van der Waals surface area contributed by atoms with E-state index in [4.69, 9.17) is 4.74 Å². The van der Waals surface area contributed by atoms with Crippen molar-refractivity contribution in [2.24, 2.45) is 5.41 Å². The Balaban J connectivity index is 2.04. The van der Waals surface area contributed by atoms with Crippen molar-refractivity contribution in [3.8, 4) is 0 Å². The fourth-order valence-electron chi connectivity index (χ4n) is 3.22. The number of methoxy groups -OCH3 is 1. The number of carbonyl (C=O) groups excluding carboxylic acids is 1. The van der Waals surface area contributed by atoms with E-state index < -0.39 is 0 Å². The second kappa shape index (κ2) is 5.36. The quantitative estimate of drug-likeness (QED) is 0.797. The third-order valence-electron chi connectivity index (χ3n) is 4.31. The van der Waals surface area contributed by atoms with Crippen molar-refractivity contribution < 1.29 is 9.53 Å². The van der Waals surface area contributed by atoms with E-state index in [1.54, 1.807) is 7.11 Å². The van der Waals surface area contributed by atoms with Gasteiger partial charge in [-0.2, -0.15) is 0 Å². The molecule has 1 aliphatic heterocycles. The Labute approximate surface area is 104 Å². The fourth-order valence-corrected chi connectivity index (χ4v) is 3.22. The van der Waals surface area contributed by atoms with Crippen molar-refractivity contribution in [2.75, 3.05) is 33.9 Å². The minimum absolute atomic E-state index is 0.274. The summed E-state index contributed by atoms with van der Waals surface area (Å²) in [6.07, 6.45) is 5.75. The zero-order valence-electron chi connectivity index (χ0n) is 11.0. The zero-order valence-corrected chi connectivity index (χ0v) is 11.0. The van der Waals surface area contributed by atoms with Crippen LogP contribution in [-0.4, -0.2) is 50.7 Å². The van der Waals surface area contributed by atoms with Crippen molar-refractivity contribution >= 4 is 5.91 Å². The lowest BCUT2D eigenvalue weighted by molar-refractivity contribution is -0.144. The minimum Gasteiger partial charge on any atom is -0.384 e. The minimum atomic E-state index is -0.313. The Morgan fingerprint density at radius 1 is 1.47 bits per heavy atom. The average molecular weight is 240 g/mol. The highest BCUT2D eigenvalue weighted by Gasteiger charge is 2.44. The Hall–Kier alpha value is -0.610. The van der Waals surface area contributed by atoms with Crippen LogP contribution >= 0.6 is 0 Å². The highest BCUT2D eigenvalue weighted by atomic mass is 16.5. The lowest BCUT2D eigenvalue weighted by atomic mass is 9.86. The van der Waals surface area contributed by atoms with Gasteiger partial charge in [-0.15, -0.1) is 0 Å². The first kappa shape index (κ1) is 12.8. The number of ether oxygens (including phenoxy) is 1. The van der Waals surface area contributed by atoms with Crippen LogP contribution in [0.1, 0.15) is 32.1 Å². The molecule has 2 aliphatic rings. The van der Waals surface area contributed by atoms with Gasteiger partial charge in [-0.3, -0.25) is 4.79 Å². The van der Waals surface area contributed by atoms with Crippen LogP contribution in [0.25, 0.3) is 0 Å². The molecule has 1 atom stereocenters. The number of rotatable bonds is 4. The highest BCUT2D eigenvalue weighted by Crippen LogP contribution is 2.31. The van der Waals surface area contributed by atoms with Gasteiger partial charge in [0.05, 0.1) is 12.0 Å². The van der Waals surface area contributed by atoms with Crippen LogP contribution in [0.15, 0.2) is 0 Å². The van der Waals surface area contributed by atoms with Gasteiger partial charge in [-0.1, -0.05) is 12.8 Å². The summed E-state index contributed by atoms with van der Waals surface area (Å²) < 4.78 is 5.28. The molecule has 0 aromatic heterocycles. The van der Waals surface area contributed by atoms with Crippen molar-refractivity contribution in [3.05, 3.63) is 0 Å². The Morgan fingerprint density at radius 3 is 2.71 bits per heavy atom. The van der Waals surface area contributed by atoms with Crippen molar-refractivity contribution in [1.29, 1.82) is 0 Å². The summed E-state index contributed by atoms with van der Waals surface area (Å²) in [7, 11) is 3.65. The van der Waals surface area contributed by atoms with E-state index in [2.05, 4.69) is 5.32 Å². The predicted octanol–water partition coefficient (Wildman–Crippen LogP) is 1.01. The SMILES string of the molecule is COCC1(C(=O)N(C)C2CCCC2)CCNC1. The van der Waals surface area contributed by atoms with E-state index in [9.17, 15) is 4.79 Å².